The molecule has 10 heteroatoms. The number of benzene rings is 1. The summed E-state index contributed by atoms with van der Waals surface area (Å²) in [6.45, 7) is 5.92. The van der Waals surface area contributed by atoms with E-state index in [9.17, 15) is 27.6 Å². The quantitative estimate of drug-likeness (QED) is 0.543. The molecule has 0 aromatic heterocycles. The van der Waals surface area contributed by atoms with E-state index in [1.165, 1.54) is 32.0 Å². The molecule has 6 nitrogen and oxygen atoms in total. The van der Waals surface area contributed by atoms with E-state index < -0.39 is 35.5 Å². The molecule has 0 saturated heterocycles. The van der Waals surface area contributed by atoms with E-state index in [2.05, 4.69) is 4.99 Å². The summed E-state index contributed by atoms with van der Waals surface area (Å²) in [5, 5.41) is -0.256. The van der Waals surface area contributed by atoms with Crippen LogP contribution in [0.1, 0.15) is 44.7 Å². The second-order valence-electron chi connectivity index (χ2n) is 6.91. The van der Waals surface area contributed by atoms with Gasteiger partial charge in [0.1, 0.15) is 5.92 Å². The standard InChI is InChI=1S/C22H24F3NO5S/c1-5-30-20(28)17-12(3)26-16(11-32-13(4)27)19(21(29)31-6-2)18(17)14-9-7-8-10-15(14)22(23,24)25/h7-10,17-18H,5-6,11H2,1-4H3. The molecular formula is C22H24F3NO5S. The zero-order chi connectivity index (χ0) is 24.1. The Labute approximate surface area is 188 Å². The molecule has 0 bridgehead atoms. The van der Waals surface area contributed by atoms with Crippen LogP contribution in [0, 0.1) is 5.92 Å². The molecule has 0 aliphatic carbocycles. The SMILES string of the molecule is CCOC(=O)C1=C(CSC(C)=O)N=C(C)C(C(=O)OCC)C1c1ccccc1C(F)(F)F. The van der Waals surface area contributed by atoms with Crippen LogP contribution in [0.4, 0.5) is 13.2 Å². The van der Waals surface area contributed by atoms with Gasteiger partial charge in [0.15, 0.2) is 5.12 Å². The highest BCUT2D eigenvalue weighted by atomic mass is 32.2. The van der Waals surface area contributed by atoms with Crippen LogP contribution >= 0.6 is 11.8 Å². The summed E-state index contributed by atoms with van der Waals surface area (Å²) in [5.74, 6) is -4.34. The monoisotopic (exact) mass is 471 g/mol. The number of esters is 2. The summed E-state index contributed by atoms with van der Waals surface area (Å²) in [7, 11) is 0. The third-order valence-corrected chi connectivity index (χ3v) is 5.59. The Morgan fingerprint density at radius 2 is 1.72 bits per heavy atom. The Hall–Kier alpha value is -2.62. The molecule has 0 N–H and O–H groups in total. The average Bonchev–Trinajstić information content (AvgIpc) is 2.71. The third kappa shape index (κ3) is 5.79. The van der Waals surface area contributed by atoms with Crippen LogP contribution in [-0.2, 0) is 30.0 Å². The number of alkyl halides is 3. The molecule has 2 rings (SSSR count). The van der Waals surface area contributed by atoms with Crippen molar-refractivity contribution in [3.63, 3.8) is 0 Å². The van der Waals surface area contributed by atoms with Gasteiger partial charge in [0.25, 0.3) is 0 Å². The maximum Gasteiger partial charge on any atom is 0.416 e. The van der Waals surface area contributed by atoms with Gasteiger partial charge in [0, 0.05) is 24.3 Å². The molecule has 0 fully saturated rings. The smallest absolute Gasteiger partial charge is 0.416 e. The highest BCUT2D eigenvalue weighted by molar-refractivity contribution is 8.13. The van der Waals surface area contributed by atoms with Crippen LogP contribution in [0.15, 0.2) is 40.5 Å². The Morgan fingerprint density at radius 3 is 2.28 bits per heavy atom. The zero-order valence-electron chi connectivity index (χ0n) is 18.1. The number of carbonyl (C=O) groups excluding carboxylic acids is 3. The van der Waals surface area contributed by atoms with Crippen molar-refractivity contribution >= 4 is 34.5 Å². The molecule has 1 aromatic carbocycles. The van der Waals surface area contributed by atoms with Crippen molar-refractivity contribution in [2.75, 3.05) is 19.0 Å². The van der Waals surface area contributed by atoms with Gasteiger partial charge < -0.3 is 9.47 Å². The second kappa shape index (κ2) is 10.8. The van der Waals surface area contributed by atoms with Crippen molar-refractivity contribution in [1.29, 1.82) is 0 Å². The molecule has 0 amide bonds. The lowest BCUT2D eigenvalue weighted by molar-refractivity contribution is -0.147. The highest BCUT2D eigenvalue weighted by Crippen LogP contribution is 2.45. The molecule has 1 heterocycles. The van der Waals surface area contributed by atoms with Crippen LogP contribution in [0.25, 0.3) is 0 Å². The molecule has 1 aliphatic heterocycles. The van der Waals surface area contributed by atoms with Crippen molar-refractivity contribution < 1.29 is 37.0 Å². The first kappa shape index (κ1) is 25.6. The van der Waals surface area contributed by atoms with Gasteiger partial charge in [-0.15, -0.1) is 0 Å². The number of nitrogens with zero attached hydrogens (tertiary/aromatic N) is 1. The lowest BCUT2D eigenvalue weighted by atomic mass is 9.74. The van der Waals surface area contributed by atoms with Crippen molar-refractivity contribution in [3.05, 3.63) is 46.7 Å². The Morgan fingerprint density at radius 1 is 1.09 bits per heavy atom. The van der Waals surface area contributed by atoms with Crippen molar-refractivity contribution in [1.82, 2.24) is 0 Å². The van der Waals surface area contributed by atoms with Crippen molar-refractivity contribution in [2.45, 2.75) is 39.8 Å². The lowest BCUT2D eigenvalue weighted by Crippen LogP contribution is -2.38. The number of hydrogen-bond donors (Lipinski definition) is 0. The van der Waals surface area contributed by atoms with Gasteiger partial charge in [0.2, 0.25) is 0 Å². The van der Waals surface area contributed by atoms with E-state index >= 15 is 0 Å². The highest BCUT2D eigenvalue weighted by Gasteiger charge is 2.46. The first-order chi connectivity index (χ1) is 15.0. The molecule has 1 aliphatic rings. The maximum atomic E-state index is 13.9. The van der Waals surface area contributed by atoms with E-state index in [4.69, 9.17) is 9.47 Å². The molecule has 0 spiro atoms. The Bertz CT molecular complexity index is 955. The summed E-state index contributed by atoms with van der Waals surface area (Å²) in [5.41, 5.74) is -1.13. The molecule has 174 valence electrons. The van der Waals surface area contributed by atoms with E-state index in [1.54, 1.807) is 13.8 Å². The number of thioether (sulfide) groups is 1. The second-order valence-corrected chi connectivity index (χ2v) is 8.06. The first-order valence-electron chi connectivity index (χ1n) is 9.94. The molecule has 32 heavy (non-hydrogen) atoms. The predicted octanol–water partition coefficient (Wildman–Crippen LogP) is 4.54. The first-order valence-corrected chi connectivity index (χ1v) is 10.9. The fraction of sp³-hybridized carbons (Fsp3) is 0.455. The third-order valence-electron chi connectivity index (χ3n) is 4.77. The number of hydrogen-bond acceptors (Lipinski definition) is 7. The van der Waals surface area contributed by atoms with Crippen molar-refractivity contribution in [3.8, 4) is 0 Å². The van der Waals surface area contributed by atoms with Crippen LogP contribution in [0.3, 0.4) is 0 Å². The number of carbonyl (C=O) groups is 3. The number of rotatable bonds is 7. The average molecular weight is 471 g/mol. The van der Waals surface area contributed by atoms with Gasteiger partial charge in [-0.1, -0.05) is 30.0 Å². The molecule has 0 saturated carbocycles. The Balaban J connectivity index is 2.83. The van der Waals surface area contributed by atoms with Gasteiger partial charge in [-0.25, -0.2) is 4.79 Å². The van der Waals surface area contributed by atoms with Gasteiger partial charge in [-0.05, 0) is 32.4 Å². The maximum absolute atomic E-state index is 13.9. The van der Waals surface area contributed by atoms with E-state index in [1.807, 2.05) is 0 Å². The van der Waals surface area contributed by atoms with Crippen LogP contribution < -0.4 is 0 Å². The topological polar surface area (TPSA) is 82.0 Å². The fourth-order valence-electron chi connectivity index (χ4n) is 3.56. The normalized spacial score (nSPS) is 18.8. The van der Waals surface area contributed by atoms with Crippen LogP contribution in [0.2, 0.25) is 0 Å². The lowest BCUT2D eigenvalue weighted by Gasteiger charge is -2.33. The molecular weight excluding hydrogens is 447 g/mol. The summed E-state index contributed by atoms with van der Waals surface area (Å²) in [6.07, 6.45) is -4.73. The number of aliphatic imine (C=N–C) groups is 1. The molecule has 2 unspecified atom stereocenters. The van der Waals surface area contributed by atoms with E-state index in [0.29, 0.717) is 0 Å². The summed E-state index contributed by atoms with van der Waals surface area (Å²) >= 11 is 0.856. The zero-order valence-corrected chi connectivity index (χ0v) is 18.9. The molecule has 1 aromatic rings. The largest absolute Gasteiger partial charge is 0.465 e. The van der Waals surface area contributed by atoms with E-state index in [-0.39, 0.29) is 46.6 Å². The van der Waals surface area contributed by atoms with Crippen molar-refractivity contribution in [2.24, 2.45) is 10.9 Å². The van der Waals surface area contributed by atoms with Gasteiger partial charge in [-0.2, -0.15) is 13.2 Å². The fourth-order valence-corrected chi connectivity index (χ4v) is 4.12. The summed E-state index contributed by atoms with van der Waals surface area (Å²) < 4.78 is 51.9. The van der Waals surface area contributed by atoms with Gasteiger partial charge >= 0.3 is 18.1 Å². The number of halogens is 3. The van der Waals surface area contributed by atoms with Gasteiger partial charge in [0.05, 0.1) is 30.0 Å². The minimum absolute atomic E-state index is 0.00174. The van der Waals surface area contributed by atoms with E-state index in [0.717, 1.165) is 17.8 Å². The van der Waals surface area contributed by atoms with Crippen LogP contribution in [-0.4, -0.2) is 41.7 Å². The minimum atomic E-state index is -4.73. The van der Waals surface area contributed by atoms with Crippen LogP contribution in [0.5, 0.6) is 0 Å². The summed E-state index contributed by atoms with van der Waals surface area (Å²) in [6, 6.07) is 4.76. The molecule has 0 radical (unpaired) electrons. The predicted molar refractivity (Wildman–Crippen MR) is 114 cm³/mol. The minimum Gasteiger partial charge on any atom is -0.465 e. The number of ether oxygens (including phenoxy) is 2. The molecule has 2 atom stereocenters. The summed E-state index contributed by atoms with van der Waals surface area (Å²) in [4.78, 5) is 41.6. The Kier molecular flexibility index (Phi) is 8.65. The van der Waals surface area contributed by atoms with Gasteiger partial charge in [-0.3, -0.25) is 14.6 Å².